The molecule has 1 atom stereocenters. The third kappa shape index (κ3) is 3.78. The van der Waals surface area contributed by atoms with Crippen LogP contribution in [0.1, 0.15) is 43.9 Å². The molecule has 4 nitrogen and oxygen atoms in total. The van der Waals surface area contributed by atoms with Crippen LogP contribution in [0.4, 0.5) is 0 Å². The zero-order chi connectivity index (χ0) is 13.9. The molecule has 1 heterocycles. The maximum atomic E-state index is 12.3. The van der Waals surface area contributed by atoms with E-state index in [2.05, 4.69) is 4.72 Å². The lowest BCUT2D eigenvalue weighted by molar-refractivity contribution is 0.303. The fourth-order valence-corrected chi connectivity index (χ4v) is 5.21. The maximum absolute atomic E-state index is 12.3. The van der Waals surface area contributed by atoms with Crippen molar-refractivity contribution in [1.29, 1.82) is 0 Å². The van der Waals surface area contributed by atoms with Gasteiger partial charge in [0.05, 0.1) is 0 Å². The van der Waals surface area contributed by atoms with Crippen molar-refractivity contribution >= 4 is 21.4 Å². The highest BCUT2D eigenvalue weighted by Gasteiger charge is 2.25. The smallest absolute Gasteiger partial charge is 0.250 e. The molecule has 0 radical (unpaired) electrons. The van der Waals surface area contributed by atoms with E-state index in [4.69, 9.17) is 5.73 Å². The molecule has 0 aliphatic heterocycles. The van der Waals surface area contributed by atoms with Crippen LogP contribution in [0.5, 0.6) is 0 Å². The molecule has 1 aromatic heterocycles. The van der Waals surface area contributed by atoms with Gasteiger partial charge in [-0.25, -0.2) is 13.1 Å². The molecule has 19 heavy (non-hydrogen) atoms. The first-order valence-corrected chi connectivity index (χ1v) is 9.14. The van der Waals surface area contributed by atoms with Crippen molar-refractivity contribution in [2.75, 3.05) is 0 Å². The van der Waals surface area contributed by atoms with Gasteiger partial charge in [-0.05, 0) is 37.8 Å². The normalized spacial score (nSPS) is 19.5. The topological polar surface area (TPSA) is 72.2 Å². The van der Waals surface area contributed by atoms with E-state index in [1.165, 1.54) is 30.6 Å². The lowest BCUT2D eigenvalue weighted by Crippen LogP contribution is -2.38. The molecule has 1 aliphatic carbocycles. The molecule has 1 saturated carbocycles. The molecule has 3 N–H and O–H groups in total. The van der Waals surface area contributed by atoms with Crippen molar-refractivity contribution in [2.24, 2.45) is 11.7 Å². The van der Waals surface area contributed by atoms with Gasteiger partial charge in [-0.15, -0.1) is 11.3 Å². The Morgan fingerprint density at radius 1 is 1.37 bits per heavy atom. The average molecular weight is 302 g/mol. The van der Waals surface area contributed by atoms with E-state index in [0.717, 1.165) is 17.7 Å². The van der Waals surface area contributed by atoms with Crippen LogP contribution in [0.15, 0.2) is 16.3 Å². The summed E-state index contributed by atoms with van der Waals surface area (Å²) < 4.78 is 27.7. The fraction of sp³-hybridized carbons (Fsp3) is 0.692. The molecule has 0 bridgehead atoms. The van der Waals surface area contributed by atoms with E-state index in [1.807, 2.05) is 6.92 Å². The summed E-state index contributed by atoms with van der Waals surface area (Å²) in [5, 5.41) is 0. The summed E-state index contributed by atoms with van der Waals surface area (Å²) >= 11 is 1.25. The Kier molecular flexibility index (Phi) is 5.00. The van der Waals surface area contributed by atoms with E-state index in [9.17, 15) is 8.42 Å². The predicted molar refractivity (Wildman–Crippen MR) is 78.6 cm³/mol. The molecule has 0 amide bonds. The number of thiophene rings is 1. The van der Waals surface area contributed by atoms with Gasteiger partial charge in [-0.3, -0.25) is 0 Å². The Hall–Kier alpha value is -0.430. The van der Waals surface area contributed by atoms with E-state index >= 15 is 0 Å². The van der Waals surface area contributed by atoms with Gasteiger partial charge in [0.2, 0.25) is 10.0 Å². The minimum absolute atomic E-state index is 0.00808. The monoisotopic (exact) mass is 302 g/mol. The summed E-state index contributed by atoms with van der Waals surface area (Å²) in [5.74, 6) is 0.470. The lowest BCUT2D eigenvalue weighted by atomic mass is 9.85. The highest BCUT2D eigenvalue weighted by atomic mass is 32.2. The first-order valence-electron chi connectivity index (χ1n) is 6.84. The van der Waals surface area contributed by atoms with Gasteiger partial charge in [0, 0.05) is 17.5 Å². The second-order valence-corrected chi connectivity index (χ2v) is 8.34. The third-order valence-corrected chi connectivity index (χ3v) is 6.96. The lowest BCUT2D eigenvalue weighted by Gasteiger charge is -2.27. The molecule has 0 aromatic carbocycles. The summed E-state index contributed by atoms with van der Waals surface area (Å²) in [6.45, 7) is 2.36. The summed E-state index contributed by atoms with van der Waals surface area (Å²) in [5.41, 5.74) is 5.52. The predicted octanol–water partition coefficient (Wildman–Crippen LogP) is 2.45. The Bertz CT molecular complexity index is 504. The maximum Gasteiger partial charge on any atom is 0.250 e. The quantitative estimate of drug-likeness (QED) is 0.877. The van der Waals surface area contributed by atoms with Crippen LogP contribution in [0.25, 0.3) is 0 Å². The van der Waals surface area contributed by atoms with Crippen LogP contribution in [-0.2, 0) is 16.6 Å². The van der Waals surface area contributed by atoms with Crippen molar-refractivity contribution in [3.63, 3.8) is 0 Å². The summed E-state index contributed by atoms with van der Waals surface area (Å²) in [6.07, 6.45) is 5.96. The van der Waals surface area contributed by atoms with Gasteiger partial charge < -0.3 is 5.73 Å². The average Bonchev–Trinajstić information content (AvgIpc) is 2.89. The largest absolute Gasteiger partial charge is 0.326 e. The Labute approximate surface area is 119 Å². The van der Waals surface area contributed by atoms with Crippen LogP contribution >= 0.6 is 11.3 Å². The zero-order valence-corrected chi connectivity index (χ0v) is 12.9. The second kappa shape index (κ2) is 6.35. The summed E-state index contributed by atoms with van der Waals surface area (Å²) in [7, 11) is -3.39. The Balaban J connectivity index is 2.03. The molecular formula is C13H22N2O2S2. The number of hydrogen-bond donors (Lipinski definition) is 2. The number of rotatable bonds is 5. The molecule has 0 spiro atoms. The van der Waals surface area contributed by atoms with E-state index in [-0.39, 0.29) is 6.04 Å². The van der Waals surface area contributed by atoms with Gasteiger partial charge in [0.25, 0.3) is 0 Å². The molecular weight excluding hydrogens is 280 g/mol. The van der Waals surface area contributed by atoms with Gasteiger partial charge in [0.15, 0.2) is 0 Å². The molecule has 1 aliphatic rings. The van der Waals surface area contributed by atoms with Crippen molar-refractivity contribution in [3.8, 4) is 0 Å². The molecule has 2 rings (SSSR count). The first kappa shape index (κ1) is 15.0. The van der Waals surface area contributed by atoms with Gasteiger partial charge in [0.1, 0.15) is 4.21 Å². The van der Waals surface area contributed by atoms with Crippen molar-refractivity contribution in [1.82, 2.24) is 4.72 Å². The number of hydrogen-bond acceptors (Lipinski definition) is 4. The van der Waals surface area contributed by atoms with Crippen LogP contribution in [-0.4, -0.2) is 14.5 Å². The van der Waals surface area contributed by atoms with Crippen molar-refractivity contribution < 1.29 is 8.42 Å². The van der Waals surface area contributed by atoms with Crippen LogP contribution < -0.4 is 10.5 Å². The second-order valence-electron chi connectivity index (χ2n) is 5.23. The van der Waals surface area contributed by atoms with Crippen LogP contribution in [0.3, 0.4) is 0 Å². The molecule has 1 unspecified atom stereocenters. The standard InChI is InChI=1S/C13H22N2O2S2/c1-10(11-5-3-2-4-6-11)15-19(16,17)13-8-7-12(9-14)18-13/h7-8,10-11,15H,2-6,9,14H2,1H3. The van der Waals surface area contributed by atoms with Crippen LogP contribution in [0.2, 0.25) is 0 Å². The van der Waals surface area contributed by atoms with Gasteiger partial charge in [-0.2, -0.15) is 0 Å². The van der Waals surface area contributed by atoms with Crippen molar-refractivity contribution in [3.05, 3.63) is 17.0 Å². The minimum atomic E-state index is -3.39. The Morgan fingerprint density at radius 2 is 2.05 bits per heavy atom. The SMILES string of the molecule is CC(NS(=O)(=O)c1ccc(CN)s1)C1CCCCC1. The highest BCUT2D eigenvalue weighted by Crippen LogP contribution is 2.28. The molecule has 1 aromatic rings. The molecule has 0 saturated heterocycles. The van der Waals surface area contributed by atoms with Gasteiger partial charge >= 0.3 is 0 Å². The highest BCUT2D eigenvalue weighted by molar-refractivity contribution is 7.91. The summed E-state index contributed by atoms with van der Waals surface area (Å²) in [4.78, 5) is 0.894. The number of nitrogens with two attached hydrogens (primary N) is 1. The molecule has 6 heteroatoms. The van der Waals surface area contributed by atoms with Gasteiger partial charge in [-0.1, -0.05) is 19.3 Å². The third-order valence-electron chi connectivity index (χ3n) is 3.80. The number of sulfonamides is 1. The summed E-state index contributed by atoms with van der Waals surface area (Å²) in [6, 6.07) is 3.43. The molecule has 1 fully saturated rings. The number of nitrogens with one attached hydrogen (secondary N) is 1. The minimum Gasteiger partial charge on any atom is -0.326 e. The van der Waals surface area contributed by atoms with E-state index < -0.39 is 10.0 Å². The van der Waals surface area contributed by atoms with E-state index in [1.54, 1.807) is 12.1 Å². The van der Waals surface area contributed by atoms with Crippen molar-refractivity contribution in [2.45, 2.75) is 55.8 Å². The first-order chi connectivity index (χ1) is 9.03. The molecule has 108 valence electrons. The Morgan fingerprint density at radius 3 is 2.63 bits per heavy atom. The van der Waals surface area contributed by atoms with Crippen LogP contribution in [0, 0.1) is 5.92 Å². The fourth-order valence-electron chi connectivity index (χ4n) is 2.65. The van der Waals surface area contributed by atoms with E-state index in [0.29, 0.717) is 16.7 Å². The zero-order valence-electron chi connectivity index (χ0n) is 11.3.